The van der Waals surface area contributed by atoms with Crippen LogP contribution in [0.1, 0.15) is 38.4 Å². The van der Waals surface area contributed by atoms with Gasteiger partial charge in [0.05, 0.1) is 26.9 Å². The van der Waals surface area contributed by atoms with Crippen molar-refractivity contribution >= 4 is 0 Å². The summed E-state index contributed by atoms with van der Waals surface area (Å²) in [4.78, 5) is 0. The van der Waals surface area contributed by atoms with Crippen molar-refractivity contribution in [3.63, 3.8) is 0 Å². The lowest BCUT2D eigenvalue weighted by Crippen LogP contribution is -2.34. The maximum atomic E-state index is 6.23. The normalized spacial score (nSPS) is 21.6. The lowest BCUT2D eigenvalue weighted by molar-refractivity contribution is 0.00921. The van der Waals surface area contributed by atoms with E-state index in [0.717, 1.165) is 49.6 Å². The molecule has 21 heavy (non-hydrogen) atoms. The Morgan fingerprint density at radius 3 is 2.62 bits per heavy atom. The van der Waals surface area contributed by atoms with Gasteiger partial charge in [-0.05, 0) is 31.0 Å². The number of hydrogen-bond donors (Lipinski definition) is 1. The molecule has 0 radical (unpaired) electrons. The zero-order valence-electron chi connectivity index (χ0n) is 13.6. The Morgan fingerprint density at radius 2 is 2.00 bits per heavy atom. The second-order valence-corrected chi connectivity index (χ2v) is 5.75. The molecule has 1 aliphatic heterocycles. The molecule has 1 N–H and O–H groups in total. The Kier molecular flexibility index (Phi) is 5.48. The van der Waals surface area contributed by atoms with Crippen LogP contribution in [0, 0.1) is 5.41 Å². The minimum atomic E-state index is -0.00461. The molecular formula is C17H27NO3. The van der Waals surface area contributed by atoms with Gasteiger partial charge in [0.15, 0.2) is 0 Å². The number of benzene rings is 1. The van der Waals surface area contributed by atoms with Crippen LogP contribution in [0.4, 0.5) is 0 Å². The molecule has 0 bridgehead atoms. The fourth-order valence-electron chi connectivity index (χ4n) is 2.85. The van der Waals surface area contributed by atoms with Gasteiger partial charge in [0.25, 0.3) is 0 Å². The third kappa shape index (κ3) is 3.50. The van der Waals surface area contributed by atoms with E-state index in [9.17, 15) is 0 Å². The summed E-state index contributed by atoms with van der Waals surface area (Å²) in [7, 11) is 3.37. The van der Waals surface area contributed by atoms with Crippen LogP contribution in [0.2, 0.25) is 0 Å². The van der Waals surface area contributed by atoms with E-state index in [0.29, 0.717) is 0 Å². The summed E-state index contributed by atoms with van der Waals surface area (Å²) in [6, 6.07) is 5.86. The van der Waals surface area contributed by atoms with Crippen molar-refractivity contribution in [3.8, 4) is 11.5 Å². The molecule has 0 saturated carbocycles. The Balaban J connectivity index is 2.22. The fourth-order valence-corrected chi connectivity index (χ4v) is 2.85. The van der Waals surface area contributed by atoms with E-state index in [2.05, 4.69) is 19.2 Å². The monoisotopic (exact) mass is 293 g/mol. The number of hydrogen-bond acceptors (Lipinski definition) is 4. The third-order valence-corrected chi connectivity index (χ3v) is 4.70. The molecule has 4 heteroatoms. The standard InChI is InChI=1S/C17H27NO3/c1-5-17(6-2)11-18-10-16(21-12-17)14-9-13(19-3)7-8-15(14)20-4/h7-9,16,18H,5-6,10-12H2,1-4H3. The molecule has 118 valence electrons. The second kappa shape index (κ2) is 7.14. The van der Waals surface area contributed by atoms with E-state index in [1.807, 2.05) is 18.2 Å². The zero-order chi connectivity index (χ0) is 15.3. The van der Waals surface area contributed by atoms with E-state index in [-0.39, 0.29) is 11.5 Å². The summed E-state index contributed by atoms with van der Waals surface area (Å²) in [5.41, 5.74) is 1.29. The first-order valence-corrected chi connectivity index (χ1v) is 7.72. The summed E-state index contributed by atoms with van der Waals surface area (Å²) in [5, 5.41) is 3.56. The second-order valence-electron chi connectivity index (χ2n) is 5.75. The van der Waals surface area contributed by atoms with Crippen molar-refractivity contribution in [1.82, 2.24) is 5.32 Å². The topological polar surface area (TPSA) is 39.7 Å². The predicted molar refractivity (Wildman–Crippen MR) is 84.1 cm³/mol. The van der Waals surface area contributed by atoms with Crippen molar-refractivity contribution in [2.75, 3.05) is 33.9 Å². The van der Waals surface area contributed by atoms with Gasteiger partial charge in [0.1, 0.15) is 11.5 Å². The van der Waals surface area contributed by atoms with E-state index >= 15 is 0 Å². The van der Waals surface area contributed by atoms with Crippen molar-refractivity contribution < 1.29 is 14.2 Å². The summed E-state index contributed by atoms with van der Waals surface area (Å²) in [5.74, 6) is 1.68. The molecule has 1 aromatic rings. The molecule has 0 spiro atoms. The first-order valence-electron chi connectivity index (χ1n) is 7.72. The zero-order valence-corrected chi connectivity index (χ0v) is 13.6. The van der Waals surface area contributed by atoms with Gasteiger partial charge in [0.2, 0.25) is 0 Å². The number of rotatable bonds is 5. The average molecular weight is 293 g/mol. The summed E-state index contributed by atoms with van der Waals surface area (Å²) in [6.45, 7) is 7.05. The van der Waals surface area contributed by atoms with Crippen molar-refractivity contribution in [2.24, 2.45) is 5.41 Å². The highest BCUT2D eigenvalue weighted by molar-refractivity contribution is 5.42. The van der Waals surface area contributed by atoms with Gasteiger partial charge >= 0.3 is 0 Å². The molecule has 0 aliphatic carbocycles. The number of methoxy groups -OCH3 is 2. The van der Waals surface area contributed by atoms with Crippen LogP contribution < -0.4 is 14.8 Å². The quantitative estimate of drug-likeness (QED) is 0.905. The number of nitrogens with one attached hydrogen (secondary N) is 1. The highest BCUT2D eigenvalue weighted by atomic mass is 16.5. The molecular weight excluding hydrogens is 266 g/mol. The van der Waals surface area contributed by atoms with Crippen LogP contribution in [0.15, 0.2) is 18.2 Å². The van der Waals surface area contributed by atoms with Crippen LogP contribution in [0.25, 0.3) is 0 Å². The van der Waals surface area contributed by atoms with Gasteiger partial charge in [-0.1, -0.05) is 13.8 Å². The van der Waals surface area contributed by atoms with Gasteiger partial charge in [0, 0.05) is 24.1 Å². The molecule has 1 aliphatic rings. The van der Waals surface area contributed by atoms with Crippen molar-refractivity contribution in [3.05, 3.63) is 23.8 Å². The van der Waals surface area contributed by atoms with E-state index in [1.54, 1.807) is 14.2 Å². The van der Waals surface area contributed by atoms with Gasteiger partial charge in [-0.2, -0.15) is 0 Å². The van der Waals surface area contributed by atoms with Crippen molar-refractivity contribution in [1.29, 1.82) is 0 Å². The van der Waals surface area contributed by atoms with Crippen LogP contribution in [0.3, 0.4) is 0 Å². The molecule has 1 fully saturated rings. The van der Waals surface area contributed by atoms with Gasteiger partial charge in [-0.3, -0.25) is 0 Å². The van der Waals surface area contributed by atoms with Crippen LogP contribution in [-0.2, 0) is 4.74 Å². The van der Waals surface area contributed by atoms with Crippen LogP contribution >= 0.6 is 0 Å². The minimum absolute atomic E-state index is 0.00461. The van der Waals surface area contributed by atoms with E-state index in [1.165, 1.54) is 0 Å². The third-order valence-electron chi connectivity index (χ3n) is 4.70. The highest BCUT2D eigenvalue weighted by Crippen LogP contribution is 2.35. The van der Waals surface area contributed by atoms with E-state index in [4.69, 9.17) is 14.2 Å². The highest BCUT2D eigenvalue weighted by Gasteiger charge is 2.32. The molecule has 1 heterocycles. The molecule has 0 amide bonds. The molecule has 2 rings (SSSR count). The Hall–Kier alpha value is -1.26. The van der Waals surface area contributed by atoms with Gasteiger partial charge in [-0.15, -0.1) is 0 Å². The maximum Gasteiger partial charge on any atom is 0.124 e. The maximum absolute atomic E-state index is 6.23. The first kappa shape index (κ1) is 16.1. The summed E-state index contributed by atoms with van der Waals surface area (Å²) >= 11 is 0. The molecule has 1 unspecified atom stereocenters. The largest absolute Gasteiger partial charge is 0.497 e. The molecule has 1 atom stereocenters. The summed E-state index contributed by atoms with van der Waals surface area (Å²) in [6.07, 6.45) is 2.24. The fraction of sp³-hybridized carbons (Fsp3) is 0.647. The molecule has 1 saturated heterocycles. The molecule has 0 aromatic heterocycles. The Labute approximate surface area is 127 Å². The van der Waals surface area contributed by atoms with Crippen LogP contribution in [-0.4, -0.2) is 33.9 Å². The van der Waals surface area contributed by atoms with Crippen LogP contribution in [0.5, 0.6) is 11.5 Å². The summed E-state index contributed by atoms with van der Waals surface area (Å²) < 4.78 is 17.0. The SMILES string of the molecule is CCC1(CC)CNCC(c2cc(OC)ccc2OC)OC1. The molecule has 1 aromatic carbocycles. The predicted octanol–water partition coefficient (Wildman–Crippen LogP) is 3.17. The average Bonchev–Trinajstić information content (AvgIpc) is 2.77. The van der Waals surface area contributed by atoms with Gasteiger partial charge < -0.3 is 19.5 Å². The van der Waals surface area contributed by atoms with E-state index < -0.39 is 0 Å². The first-order chi connectivity index (χ1) is 10.2. The molecule has 4 nitrogen and oxygen atoms in total. The number of ether oxygens (including phenoxy) is 3. The Morgan fingerprint density at radius 1 is 1.24 bits per heavy atom. The van der Waals surface area contributed by atoms with Gasteiger partial charge in [-0.25, -0.2) is 0 Å². The van der Waals surface area contributed by atoms with Crippen molar-refractivity contribution in [2.45, 2.75) is 32.8 Å². The Bertz CT molecular complexity index is 457. The smallest absolute Gasteiger partial charge is 0.124 e. The lowest BCUT2D eigenvalue weighted by Gasteiger charge is -2.29. The minimum Gasteiger partial charge on any atom is -0.497 e. The lowest BCUT2D eigenvalue weighted by atomic mass is 9.83.